The quantitative estimate of drug-likeness (QED) is 0.753. The molecule has 0 saturated heterocycles. The Morgan fingerprint density at radius 2 is 1.82 bits per heavy atom. The first-order chi connectivity index (χ1) is 8.04. The number of Topliss-reactive ketones (excluding diaryl/α,β-unsaturated/α-hetero) is 1. The van der Waals surface area contributed by atoms with Crippen LogP contribution in [0.25, 0.3) is 0 Å². The highest BCUT2D eigenvalue weighted by Crippen LogP contribution is 2.14. The van der Waals surface area contributed by atoms with Crippen molar-refractivity contribution in [2.45, 2.75) is 33.2 Å². The van der Waals surface area contributed by atoms with E-state index in [1.165, 1.54) is 11.1 Å². The molecule has 1 aromatic carbocycles. The summed E-state index contributed by atoms with van der Waals surface area (Å²) in [7, 11) is 4.10. The molecule has 94 valence electrons. The van der Waals surface area contributed by atoms with E-state index in [-0.39, 0.29) is 5.92 Å². The molecule has 1 unspecified atom stereocenters. The number of rotatable bonds is 6. The van der Waals surface area contributed by atoms with Gasteiger partial charge in [-0.1, -0.05) is 38.1 Å². The van der Waals surface area contributed by atoms with E-state index in [0.29, 0.717) is 12.2 Å². The minimum absolute atomic E-state index is 0.169. The average molecular weight is 233 g/mol. The van der Waals surface area contributed by atoms with Gasteiger partial charge in [-0.3, -0.25) is 4.79 Å². The van der Waals surface area contributed by atoms with Crippen LogP contribution < -0.4 is 0 Å². The van der Waals surface area contributed by atoms with Crippen molar-refractivity contribution in [2.24, 2.45) is 5.92 Å². The first-order valence-corrected chi connectivity index (χ1v) is 6.28. The summed E-state index contributed by atoms with van der Waals surface area (Å²) < 4.78 is 0. The fraction of sp³-hybridized carbons (Fsp3) is 0.533. The number of benzene rings is 1. The summed E-state index contributed by atoms with van der Waals surface area (Å²) in [5.74, 6) is 0.515. The second-order valence-electron chi connectivity index (χ2n) is 4.96. The summed E-state index contributed by atoms with van der Waals surface area (Å²) in [6, 6.07) is 8.23. The minimum atomic E-state index is 0.169. The van der Waals surface area contributed by atoms with Crippen LogP contribution in [0.1, 0.15) is 31.4 Å². The minimum Gasteiger partial charge on any atom is -0.305 e. The molecule has 0 amide bonds. The van der Waals surface area contributed by atoms with Gasteiger partial charge in [-0.05, 0) is 31.6 Å². The molecule has 0 heterocycles. The Bertz CT molecular complexity index is 371. The molecule has 0 bridgehead atoms. The van der Waals surface area contributed by atoms with Crippen LogP contribution in [-0.4, -0.2) is 24.8 Å². The molecule has 0 radical (unpaired) electrons. The summed E-state index contributed by atoms with van der Waals surface area (Å²) in [4.78, 5) is 14.1. The molecule has 0 N–H and O–H groups in total. The highest BCUT2D eigenvalue weighted by atomic mass is 16.1. The fourth-order valence-corrected chi connectivity index (χ4v) is 1.81. The van der Waals surface area contributed by atoms with Crippen molar-refractivity contribution in [1.82, 2.24) is 4.90 Å². The summed E-state index contributed by atoms with van der Waals surface area (Å²) in [5, 5.41) is 0. The largest absolute Gasteiger partial charge is 0.305 e. The van der Waals surface area contributed by atoms with Crippen LogP contribution in [0.15, 0.2) is 24.3 Å². The van der Waals surface area contributed by atoms with E-state index in [0.717, 1.165) is 13.0 Å². The molecule has 0 aliphatic heterocycles. The van der Waals surface area contributed by atoms with Crippen molar-refractivity contribution in [2.75, 3.05) is 14.1 Å². The molecule has 17 heavy (non-hydrogen) atoms. The van der Waals surface area contributed by atoms with Gasteiger partial charge in [0.2, 0.25) is 0 Å². The van der Waals surface area contributed by atoms with Gasteiger partial charge in [0.15, 0.2) is 0 Å². The van der Waals surface area contributed by atoms with Crippen LogP contribution in [0.5, 0.6) is 0 Å². The Labute approximate surface area is 105 Å². The van der Waals surface area contributed by atoms with Crippen LogP contribution in [0.3, 0.4) is 0 Å². The van der Waals surface area contributed by atoms with Crippen LogP contribution >= 0.6 is 0 Å². The highest BCUT2D eigenvalue weighted by molar-refractivity contribution is 5.83. The zero-order valence-corrected chi connectivity index (χ0v) is 11.4. The Morgan fingerprint density at radius 1 is 1.24 bits per heavy atom. The molecule has 2 nitrogen and oxygen atoms in total. The van der Waals surface area contributed by atoms with Gasteiger partial charge >= 0.3 is 0 Å². The van der Waals surface area contributed by atoms with Gasteiger partial charge in [0, 0.05) is 18.9 Å². The molecule has 0 fully saturated rings. The third kappa shape index (κ3) is 4.31. The monoisotopic (exact) mass is 233 g/mol. The second kappa shape index (κ2) is 6.55. The molecule has 2 heteroatoms. The third-order valence-corrected chi connectivity index (χ3v) is 3.13. The highest BCUT2D eigenvalue weighted by Gasteiger charge is 2.13. The zero-order chi connectivity index (χ0) is 12.8. The smallest absolute Gasteiger partial charge is 0.140 e. The van der Waals surface area contributed by atoms with Crippen LogP contribution in [0.4, 0.5) is 0 Å². The van der Waals surface area contributed by atoms with Crippen LogP contribution in [0, 0.1) is 5.92 Å². The number of carbonyl (C=O) groups is 1. The SMILES string of the molecule is CCC(C)C(=O)Cc1ccccc1CN(C)C. The van der Waals surface area contributed by atoms with E-state index in [2.05, 4.69) is 24.0 Å². The Balaban J connectivity index is 2.79. The maximum absolute atomic E-state index is 12.0. The first kappa shape index (κ1) is 13.9. The maximum Gasteiger partial charge on any atom is 0.140 e. The lowest BCUT2D eigenvalue weighted by Gasteiger charge is -2.15. The molecule has 1 aromatic rings. The number of hydrogen-bond donors (Lipinski definition) is 0. The van der Waals surface area contributed by atoms with Crippen molar-refractivity contribution in [3.8, 4) is 0 Å². The number of hydrogen-bond acceptors (Lipinski definition) is 2. The second-order valence-corrected chi connectivity index (χ2v) is 4.96. The molecule has 1 rings (SSSR count). The lowest BCUT2D eigenvalue weighted by atomic mass is 9.95. The number of ketones is 1. The number of nitrogens with zero attached hydrogens (tertiary/aromatic N) is 1. The Hall–Kier alpha value is -1.15. The van der Waals surface area contributed by atoms with Crippen LogP contribution in [0.2, 0.25) is 0 Å². The lowest BCUT2D eigenvalue weighted by Crippen LogP contribution is -2.16. The van der Waals surface area contributed by atoms with Gasteiger partial charge in [0.1, 0.15) is 5.78 Å². The molecular weight excluding hydrogens is 210 g/mol. The average Bonchev–Trinajstić information content (AvgIpc) is 2.29. The molecule has 0 aliphatic carbocycles. The molecule has 1 atom stereocenters. The standard InChI is InChI=1S/C15H23NO/c1-5-12(2)15(17)10-13-8-6-7-9-14(13)11-16(3)4/h6-9,12H,5,10-11H2,1-4H3. The van der Waals surface area contributed by atoms with Gasteiger partial charge in [0.25, 0.3) is 0 Å². The van der Waals surface area contributed by atoms with E-state index in [9.17, 15) is 4.79 Å². The first-order valence-electron chi connectivity index (χ1n) is 6.28. The van der Waals surface area contributed by atoms with Gasteiger partial charge in [-0.15, -0.1) is 0 Å². The van der Waals surface area contributed by atoms with E-state index in [1.807, 2.05) is 33.2 Å². The van der Waals surface area contributed by atoms with Crippen molar-refractivity contribution in [3.05, 3.63) is 35.4 Å². The van der Waals surface area contributed by atoms with Crippen molar-refractivity contribution < 1.29 is 4.79 Å². The summed E-state index contributed by atoms with van der Waals surface area (Å²) in [5.41, 5.74) is 2.43. The fourth-order valence-electron chi connectivity index (χ4n) is 1.81. The Kier molecular flexibility index (Phi) is 5.36. The molecule has 0 aromatic heterocycles. The van der Waals surface area contributed by atoms with Crippen molar-refractivity contribution in [3.63, 3.8) is 0 Å². The molecular formula is C15H23NO. The van der Waals surface area contributed by atoms with E-state index < -0.39 is 0 Å². The zero-order valence-electron chi connectivity index (χ0n) is 11.4. The van der Waals surface area contributed by atoms with Gasteiger partial charge in [-0.25, -0.2) is 0 Å². The summed E-state index contributed by atoms with van der Waals surface area (Å²) >= 11 is 0. The van der Waals surface area contributed by atoms with Crippen molar-refractivity contribution in [1.29, 1.82) is 0 Å². The predicted molar refractivity (Wildman–Crippen MR) is 72.0 cm³/mol. The van der Waals surface area contributed by atoms with Gasteiger partial charge < -0.3 is 4.90 Å². The molecule has 0 aliphatic rings. The van der Waals surface area contributed by atoms with E-state index in [1.54, 1.807) is 0 Å². The van der Waals surface area contributed by atoms with Gasteiger partial charge in [0.05, 0.1) is 0 Å². The lowest BCUT2D eigenvalue weighted by molar-refractivity contribution is -0.121. The number of carbonyl (C=O) groups excluding carboxylic acids is 1. The predicted octanol–water partition coefficient (Wildman–Crippen LogP) is 2.91. The van der Waals surface area contributed by atoms with Crippen molar-refractivity contribution >= 4 is 5.78 Å². The van der Waals surface area contributed by atoms with E-state index >= 15 is 0 Å². The Morgan fingerprint density at radius 3 is 2.35 bits per heavy atom. The normalized spacial score (nSPS) is 12.8. The molecule has 0 spiro atoms. The van der Waals surface area contributed by atoms with Gasteiger partial charge in [-0.2, -0.15) is 0 Å². The summed E-state index contributed by atoms with van der Waals surface area (Å²) in [6.07, 6.45) is 1.49. The third-order valence-electron chi connectivity index (χ3n) is 3.13. The molecule has 0 saturated carbocycles. The topological polar surface area (TPSA) is 20.3 Å². The van der Waals surface area contributed by atoms with Crippen LogP contribution in [-0.2, 0) is 17.8 Å². The van der Waals surface area contributed by atoms with E-state index in [4.69, 9.17) is 0 Å². The maximum atomic E-state index is 12.0. The summed E-state index contributed by atoms with van der Waals surface area (Å²) in [6.45, 7) is 4.97.